The largest absolute Gasteiger partial charge is 0.466 e. The molecule has 3 rings (SSSR count). The molecule has 0 amide bonds. The van der Waals surface area contributed by atoms with Crippen LogP contribution in [0.5, 0.6) is 0 Å². The van der Waals surface area contributed by atoms with E-state index in [1.165, 1.54) is 5.56 Å². The summed E-state index contributed by atoms with van der Waals surface area (Å²) >= 11 is 3.11. The second-order valence-electron chi connectivity index (χ2n) is 5.58. The Bertz CT molecular complexity index is 713. The molecule has 1 aliphatic rings. The summed E-state index contributed by atoms with van der Waals surface area (Å²) < 4.78 is 5.04. The van der Waals surface area contributed by atoms with Crippen LogP contribution >= 0.6 is 23.5 Å². The van der Waals surface area contributed by atoms with E-state index in [9.17, 15) is 4.79 Å². The zero-order valence-electron chi connectivity index (χ0n) is 13.6. The Kier molecular flexibility index (Phi) is 5.69. The number of allylic oxidation sites excluding steroid dienone is 1. The van der Waals surface area contributed by atoms with Gasteiger partial charge in [0.2, 0.25) is 5.78 Å². The number of ether oxygens (including phenoxy) is 1. The maximum Gasteiger partial charge on any atom is 0.268 e. The summed E-state index contributed by atoms with van der Waals surface area (Å²) in [5, 5.41) is 0. The molecule has 4 heteroatoms. The maximum absolute atomic E-state index is 13.1. The van der Waals surface area contributed by atoms with E-state index in [1.54, 1.807) is 29.8 Å². The van der Waals surface area contributed by atoms with E-state index in [-0.39, 0.29) is 5.78 Å². The van der Waals surface area contributed by atoms with E-state index in [0.717, 1.165) is 23.5 Å². The van der Waals surface area contributed by atoms with E-state index in [0.29, 0.717) is 5.56 Å². The van der Waals surface area contributed by atoms with Gasteiger partial charge in [-0.05, 0) is 12.0 Å². The second-order valence-corrected chi connectivity index (χ2v) is 8.29. The Balaban J connectivity index is 1.81. The highest BCUT2D eigenvalue weighted by Crippen LogP contribution is 2.51. The van der Waals surface area contributed by atoms with Gasteiger partial charge in [-0.25, -0.2) is 0 Å². The number of carbonyl (C=O) groups is 1. The SMILES string of the molecule is CCCC1=COC(SCc2ccccc2)(C(=O)c2ccccc2)S1. The number of hydrogen-bond acceptors (Lipinski definition) is 4. The van der Waals surface area contributed by atoms with Crippen LogP contribution in [0.25, 0.3) is 0 Å². The summed E-state index contributed by atoms with van der Waals surface area (Å²) in [6.07, 6.45) is 3.76. The molecule has 0 aromatic heterocycles. The lowest BCUT2D eigenvalue weighted by Crippen LogP contribution is -2.31. The average Bonchev–Trinajstić information content (AvgIpc) is 3.06. The number of hydrogen-bond donors (Lipinski definition) is 0. The lowest BCUT2D eigenvalue weighted by molar-refractivity contribution is 0.0809. The van der Waals surface area contributed by atoms with Gasteiger partial charge >= 0.3 is 0 Å². The molecule has 0 radical (unpaired) electrons. The average molecular weight is 357 g/mol. The Hall–Kier alpha value is -1.65. The van der Waals surface area contributed by atoms with Crippen molar-refractivity contribution in [1.82, 2.24) is 0 Å². The molecule has 0 aliphatic carbocycles. The van der Waals surface area contributed by atoms with E-state index < -0.39 is 4.27 Å². The number of ketones is 1. The van der Waals surface area contributed by atoms with Gasteiger partial charge in [0.25, 0.3) is 4.27 Å². The Labute approximate surface area is 151 Å². The number of benzene rings is 2. The highest BCUT2D eigenvalue weighted by molar-refractivity contribution is 8.20. The first-order chi connectivity index (χ1) is 11.7. The third-order valence-electron chi connectivity index (χ3n) is 3.69. The van der Waals surface area contributed by atoms with Crippen molar-refractivity contribution < 1.29 is 9.53 Å². The molecule has 1 aliphatic heterocycles. The number of carbonyl (C=O) groups excluding carboxylic acids is 1. The molecule has 124 valence electrons. The smallest absolute Gasteiger partial charge is 0.268 e. The van der Waals surface area contributed by atoms with Crippen molar-refractivity contribution in [2.24, 2.45) is 0 Å². The predicted octanol–water partition coefficient (Wildman–Crippen LogP) is 5.86. The van der Waals surface area contributed by atoms with Crippen LogP contribution in [0.4, 0.5) is 0 Å². The van der Waals surface area contributed by atoms with Gasteiger partial charge in [0.05, 0.1) is 6.26 Å². The molecular formula is C20H20O2S2. The normalized spacial score (nSPS) is 19.6. The fourth-order valence-corrected chi connectivity index (χ4v) is 5.17. The van der Waals surface area contributed by atoms with Crippen LogP contribution in [0.3, 0.4) is 0 Å². The van der Waals surface area contributed by atoms with E-state index >= 15 is 0 Å². The molecule has 0 fully saturated rings. The van der Waals surface area contributed by atoms with Crippen LogP contribution in [0.2, 0.25) is 0 Å². The van der Waals surface area contributed by atoms with Gasteiger partial charge in [0.15, 0.2) is 0 Å². The van der Waals surface area contributed by atoms with Crippen LogP contribution in [0, 0.1) is 0 Å². The zero-order valence-corrected chi connectivity index (χ0v) is 15.2. The molecule has 1 heterocycles. The first-order valence-electron chi connectivity index (χ1n) is 8.07. The molecule has 2 aromatic rings. The van der Waals surface area contributed by atoms with Gasteiger partial charge in [-0.2, -0.15) is 0 Å². The summed E-state index contributed by atoms with van der Waals surface area (Å²) in [5.41, 5.74) is 1.88. The van der Waals surface area contributed by atoms with Crippen molar-refractivity contribution >= 4 is 29.3 Å². The van der Waals surface area contributed by atoms with Crippen LogP contribution in [0.1, 0.15) is 35.7 Å². The zero-order chi connectivity index (χ0) is 16.8. The van der Waals surface area contributed by atoms with Gasteiger partial charge in [0.1, 0.15) is 0 Å². The van der Waals surface area contributed by atoms with Crippen molar-refractivity contribution in [2.75, 3.05) is 0 Å². The minimum absolute atomic E-state index is 0.0244. The topological polar surface area (TPSA) is 26.3 Å². The molecule has 0 spiro atoms. The summed E-state index contributed by atoms with van der Waals surface area (Å²) in [7, 11) is 0. The van der Waals surface area contributed by atoms with E-state index in [2.05, 4.69) is 19.1 Å². The van der Waals surface area contributed by atoms with Crippen molar-refractivity contribution in [3.8, 4) is 0 Å². The molecule has 1 unspecified atom stereocenters. The summed E-state index contributed by atoms with van der Waals surface area (Å²) in [6, 6.07) is 19.6. The molecule has 0 N–H and O–H groups in total. The summed E-state index contributed by atoms with van der Waals surface area (Å²) in [6.45, 7) is 2.14. The van der Waals surface area contributed by atoms with Crippen LogP contribution in [-0.4, -0.2) is 10.0 Å². The third kappa shape index (κ3) is 3.87. The first kappa shape index (κ1) is 17.2. The lowest BCUT2D eigenvalue weighted by Gasteiger charge is -2.26. The highest BCUT2D eigenvalue weighted by atomic mass is 32.2. The van der Waals surface area contributed by atoms with Gasteiger partial charge in [-0.3, -0.25) is 4.79 Å². The van der Waals surface area contributed by atoms with Crippen molar-refractivity contribution in [3.63, 3.8) is 0 Å². The second kappa shape index (κ2) is 7.95. The minimum Gasteiger partial charge on any atom is -0.466 e. The van der Waals surface area contributed by atoms with Gasteiger partial charge in [-0.15, -0.1) is 0 Å². The minimum atomic E-state index is -0.915. The molecule has 0 saturated heterocycles. The molecule has 0 bridgehead atoms. The molecule has 0 saturated carbocycles. The summed E-state index contributed by atoms with van der Waals surface area (Å²) in [4.78, 5) is 14.3. The number of thioether (sulfide) groups is 2. The summed E-state index contributed by atoms with van der Waals surface area (Å²) in [5.74, 6) is 0.760. The predicted molar refractivity (Wildman–Crippen MR) is 103 cm³/mol. The fraction of sp³-hybridized carbons (Fsp3) is 0.250. The van der Waals surface area contributed by atoms with E-state index in [1.807, 2.05) is 48.5 Å². The maximum atomic E-state index is 13.1. The first-order valence-corrected chi connectivity index (χ1v) is 9.87. The lowest BCUT2D eigenvalue weighted by atomic mass is 10.1. The van der Waals surface area contributed by atoms with Crippen molar-refractivity contribution in [2.45, 2.75) is 29.8 Å². The van der Waals surface area contributed by atoms with Gasteiger partial charge < -0.3 is 4.74 Å². The Morgan fingerprint density at radius 3 is 2.42 bits per heavy atom. The Morgan fingerprint density at radius 1 is 1.08 bits per heavy atom. The van der Waals surface area contributed by atoms with Crippen LogP contribution in [0.15, 0.2) is 71.8 Å². The molecule has 24 heavy (non-hydrogen) atoms. The molecular weight excluding hydrogens is 336 g/mol. The van der Waals surface area contributed by atoms with Gasteiger partial charge in [-0.1, -0.05) is 97.5 Å². The van der Waals surface area contributed by atoms with Gasteiger partial charge in [0, 0.05) is 16.2 Å². The highest BCUT2D eigenvalue weighted by Gasteiger charge is 2.46. The van der Waals surface area contributed by atoms with E-state index in [4.69, 9.17) is 4.74 Å². The third-order valence-corrected chi connectivity index (χ3v) is 6.55. The molecule has 1 atom stereocenters. The van der Waals surface area contributed by atoms with Crippen molar-refractivity contribution in [3.05, 3.63) is 83.0 Å². The quantitative estimate of drug-likeness (QED) is 0.580. The number of rotatable bonds is 7. The Morgan fingerprint density at radius 2 is 1.75 bits per heavy atom. The number of Topliss-reactive ketones (excluding diaryl/α,β-unsaturated/α-hetero) is 1. The fourth-order valence-electron chi connectivity index (χ4n) is 2.47. The monoisotopic (exact) mass is 356 g/mol. The van der Waals surface area contributed by atoms with Crippen LogP contribution < -0.4 is 0 Å². The van der Waals surface area contributed by atoms with Crippen LogP contribution in [-0.2, 0) is 10.5 Å². The molecule has 2 aromatic carbocycles. The molecule has 2 nitrogen and oxygen atoms in total. The standard InChI is InChI=1S/C20H20O2S2/c1-2-9-18-14-22-20(24-18,19(21)17-12-7-4-8-13-17)23-15-16-10-5-3-6-11-16/h3-8,10-14H,2,9,15H2,1H3. The van der Waals surface area contributed by atoms with Crippen molar-refractivity contribution in [1.29, 1.82) is 0 Å².